The predicted octanol–water partition coefficient (Wildman–Crippen LogP) is 4.39. The number of amides is 2. The van der Waals surface area contributed by atoms with Crippen LogP contribution in [0.5, 0.6) is 0 Å². The van der Waals surface area contributed by atoms with Gasteiger partial charge in [0.15, 0.2) is 0 Å². The highest BCUT2D eigenvalue weighted by atomic mass is 32.2. The van der Waals surface area contributed by atoms with Crippen molar-refractivity contribution in [3.8, 4) is 0 Å². The van der Waals surface area contributed by atoms with Gasteiger partial charge in [-0.05, 0) is 55.7 Å². The molecular formula is C20H24N2O2S. The third-order valence-corrected chi connectivity index (χ3v) is 5.00. The molecule has 1 atom stereocenters. The summed E-state index contributed by atoms with van der Waals surface area (Å²) >= 11 is 1.36. The maximum Gasteiger partial charge on any atom is 0.237 e. The van der Waals surface area contributed by atoms with Gasteiger partial charge in [-0.3, -0.25) is 9.59 Å². The molecule has 0 saturated carbocycles. The van der Waals surface area contributed by atoms with Gasteiger partial charge in [0, 0.05) is 11.4 Å². The summed E-state index contributed by atoms with van der Waals surface area (Å²) in [6.07, 6.45) is 0.667. The summed E-state index contributed by atoms with van der Waals surface area (Å²) in [7, 11) is 0. The number of thioether (sulfide) groups is 1. The number of benzene rings is 2. The molecule has 0 fully saturated rings. The maximum atomic E-state index is 12.5. The van der Waals surface area contributed by atoms with Crippen molar-refractivity contribution < 1.29 is 9.59 Å². The van der Waals surface area contributed by atoms with Crippen LogP contribution < -0.4 is 10.6 Å². The van der Waals surface area contributed by atoms with Gasteiger partial charge in [-0.25, -0.2) is 0 Å². The van der Waals surface area contributed by atoms with Crippen LogP contribution in [0.2, 0.25) is 0 Å². The molecule has 25 heavy (non-hydrogen) atoms. The SMILES string of the molecule is CCC(SCC(=O)Nc1ccccc1)C(=O)Nc1cc(C)cc(C)c1. The molecule has 132 valence electrons. The van der Waals surface area contributed by atoms with Crippen LogP contribution in [0.15, 0.2) is 48.5 Å². The molecule has 0 spiro atoms. The van der Waals surface area contributed by atoms with Crippen molar-refractivity contribution in [3.05, 3.63) is 59.7 Å². The zero-order valence-electron chi connectivity index (χ0n) is 14.8. The minimum absolute atomic E-state index is 0.0648. The van der Waals surface area contributed by atoms with Crippen molar-refractivity contribution in [1.82, 2.24) is 0 Å². The van der Waals surface area contributed by atoms with E-state index in [1.54, 1.807) is 0 Å². The van der Waals surface area contributed by atoms with Crippen molar-refractivity contribution in [2.45, 2.75) is 32.4 Å². The Balaban J connectivity index is 1.88. The molecule has 2 rings (SSSR count). The minimum atomic E-state index is -0.262. The van der Waals surface area contributed by atoms with Gasteiger partial charge >= 0.3 is 0 Å². The number of nitrogens with one attached hydrogen (secondary N) is 2. The van der Waals surface area contributed by atoms with Gasteiger partial charge in [0.05, 0.1) is 11.0 Å². The summed E-state index contributed by atoms with van der Waals surface area (Å²) in [5.41, 5.74) is 3.78. The molecule has 0 aliphatic carbocycles. The van der Waals surface area contributed by atoms with E-state index in [9.17, 15) is 9.59 Å². The van der Waals surface area contributed by atoms with Gasteiger partial charge in [-0.2, -0.15) is 0 Å². The van der Waals surface area contributed by atoms with Crippen LogP contribution in [0.4, 0.5) is 11.4 Å². The Morgan fingerprint density at radius 1 is 0.960 bits per heavy atom. The molecule has 2 aromatic carbocycles. The molecule has 1 unspecified atom stereocenters. The average molecular weight is 356 g/mol. The number of aryl methyl sites for hydroxylation is 2. The Morgan fingerprint density at radius 3 is 2.20 bits per heavy atom. The van der Waals surface area contributed by atoms with E-state index in [2.05, 4.69) is 16.7 Å². The largest absolute Gasteiger partial charge is 0.325 e. The Bertz CT molecular complexity index is 711. The van der Waals surface area contributed by atoms with Crippen molar-refractivity contribution in [3.63, 3.8) is 0 Å². The van der Waals surface area contributed by atoms with Crippen LogP contribution in [-0.2, 0) is 9.59 Å². The van der Waals surface area contributed by atoms with E-state index in [4.69, 9.17) is 0 Å². The molecule has 5 heteroatoms. The van der Waals surface area contributed by atoms with E-state index in [1.807, 2.05) is 63.2 Å². The number of para-hydroxylation sites is 1. The number of carbonyl (C=O) groups is 2. The number of hydrogen-bond donors (Lipinski definition) is 2. The highest BCUT2D eigenvalue weighted by Crippen LogP contribution is 2.19. The molecule has 0 aliphatic rings. The Hall–Kier alpha value is -2.27. The normalized spacial score (nSPS) is 11.6. The van der Waals surface area contributed by atoms with Gasteiger partial charge < -0.3 is 10.6 Å². The first-order valence-corrected chi connectivity index (χ1v) is 9.38. The zero-order valence-corrected chi connectivity index (χ0v) is 15.7. The molecule has 0 bridgehead atoms. The molecule has 0 aliphatic heterocycles. The smallest absolute Gasteiger partial charge is 0.237 e. The Morgan fingerprint density at radius 2 is 1.60 bits per heavy atom. The van der Waals surface area contributed by atoms with Crippen molar-refractivity contribution in [2.75, 3.05) is 16.4 Å². The molecule has 0 radical (unpaired) electrons. The number of anilines is 2. The van der Waals surface area contributed by atoms with Crippen molar-refractivity contribution in [1.29, 1.82) is 0 Å². The van der Waals surface area contributed by atoms with Gasteiger partial charge in [0.1, 0.15) is 0 Å². The number of rotatable bonds is 7. The second-order valence-corrected chi connectivity index (χ2v) is 7.18. The fourth-order valence-electron chi connectivity index (χ4n) is 2.54. The topological polar surface area (TPSA) is 58.2 Å². The van der Waals surface area contributed by atoms with Crippen LogP contribution in [0, 0.1) is 13.8 Å². The van der Waals surface area contributed by atoms with Gasteiger partial charge in [-0.15, -0.1) is 11.8 Å². The second kappa shape index (κ2) is 9.28. The molecule has 2 N–H and O–H groups in total. The molecular weight excluding hydrogens is 332 g/mol. The number of carbonyl (C=O) groups excluding carboxylic acids is 2. The highest BCUT2D eigenvalue weighted by molar-refractivity contribution is 8.01. The first kappa shape index (κ1) is 19.1. The lowest BCUT2D eigenvalue weighted by atomic mass is 10.1. The highest BCUT2D eigenvalue weighted by Gasteiger charge is 2.19. The molecule has 0 saturated heterocycles. The van der Waals surface area contributed by atoms with E-state index in [0.717, 1.165) is 22.5 Å². The zero-order chi connectivity index (χ0) is 18.2. The van der Waals surface area contributed by atoms with E-state index in [1.165, 1.54) is 11.8 Å². The van der Waals surface area contributed by atoms with Crippen molar-refractivity contribution in [2.24, 2.45) is 0 Å². The predicted molar refractivity (Wildman–Crippen MR) is 106 cm³/mol. The van der Waals surface area contributed by atoms with Crippen LogP contribution >= 0.6 is 11.8 Å². The van der Waals surface area contributed by atoms with Gasteiger partial charge in [-0.1, -0.05) is 31.2 Å². The molecule has 2 amide bonds. The summed E-state index contributed by atoms with van der Waals surface area (Å²) in [4.78, 5) is 24.5. The molecule has 0 heterocycles. The van der Waals surface area contributed by atoms with Crippen LogP contribution in [0.1, 0.15) is 24.5 Å². The lowest BCUT2D eigenvalue weighted by Gasteiger charge is -2.15. The summed E-state index contributed by atoms with van der Waals surface area (Å²) in [5, 5.41) is 5.53. The first-order valence-electron chi connectivity index (χ1n) is 8.33. The summed E-state index contributed by atoms with van der Waals surface area (Å²) in [6, 6.07) is 15.3. The maximum absolute atomic E-state index is 12.5. The average Bonchev–Trinajstić information content (AvgIpc) is 2.55. The van der Waals surface area contributed by atoms with Crippen LogP contribution in [0.25, 0.3) is 0 Å². The van der Waals surface area contributed by atoms with Crippen molar-refractivity contribution >= 4 is 35.0 Å². The summed E-state index contributed by atoms with van der Waals surface area (Å²) in [5.74, 6) is 0.0760. The van der Waals surface area contributed by atoms with E-state index < -0.39 is 0 Å². The van der Waals surface area contributed by atoms with E-state index >= 15 is 0 Å². The quantitative estimate of drug-likeness (QED) is 0.773. The molecule has 4 nitrogen and oxygen atoms in total. The van der Waals surface area contributed by atoms with Crippen LogP contribution in [0.3, 0.4) is 0 Å². The van der Waals surface area contributed by atoms with E-state index in [0.29, 0.717) is 6.42 Å². The second-order valence-electron chi connectivity index (χ2n) is 5.99. The number of hydrogen-bond acceptors (Lipinski definition) is 3. The summed E-state index contributed by atoms with van der Waals surface area (Å²) in [6.45, 7) is 5.96. The van der Waals surface area contributed by atoms with E-state index in [-0.39, 0.29) is 22.8 Å². The Kier molecular flexibility index (Phi) is 7.07. The van der Waals surface area contributed by atoms with Gasteiger partial charge in [0.2, 0.25) is 11.8 Å². The third kappa shape index (κ3) is 6.27. The summed E-state index contributed by atoms with van der Waals surface area (Å²) < 4.78 is 0. The fourth-order valence-corrected chi connectivity index (χ4v) is 3.41. The minimum Gasteiger partial charge on any atom is -0.325 e. The van der Waals surface area contributed by atoms with Gasteiger partial charge in [0.25, 0.3) is 0 Å². The molecule has 2 aromatic rings. The lowest BCUT2D eigenvalue weighted by Crippen LogP contribution is -2.27. The standard InChI is InChI=1S/C20H24N2O2S/c1-4-18(20(24)22-17-11-14(2)10-15(3)12-17)25-13-19(23)21-16-8-6-5-7-9-16/h5-12,18H,4,13H2,1-3H3,(H,21,23)(H,22,24). The monoisotopic (exact) mass is 356 g/mol. The third-order valence-electron chi connectivity index (χ3n) is 3.63. The Labute approximate surface area is 153 Å². The molecule has 0 aromatic heterocycles. The first-order chi connectivity index (χ1) is 12.0. The van der Waals surface area contributed by atoms with Crippen LogP contribution in [-0.4, -0.2) is 22.8 Å². The fraction of sp³-hybridized carbons (Fsp3) is 0.300. The lowest BCUT2D eigenvalue weighted by molar-refractivity contribution is -0.115.